The largest absolute Gasteiger partial charge is 0.312 e. The summed E-state index contributed by atoms with van der Waals surface area (Å²) in [6.07, 6.45) is 17.9. The van der Waals surface area contributed by atoms with Crippen LogP contribution in [-0.2, 0) is 0 Å². The number of piperidine rings is 1. The summed E-state index contributed by atoms with van der Waals surface area (Å²) in [7, 11) is 0. The minimum atomic E-state index is 0.792. The zero-order valence-electron chi connectivity index (χ0n) is 14.4. The molecule has 2 heteroatoms. The van der Waals surface area contributed by atoms with Crippen molar-refractivity contribution in [3.05, 3.63) is 0 Å². The van der Waals surface area contributed by atoms with Gasteiger partial charge >= 0.3 is 0 Å². The maximum absolute atomic E-state index is 4.01. The highest BCUT2D eigenvalue weighted by atomic mass is 15.2. The van der Waals surface area contributed by atoms with Crippen LogP contribution in [-0.4, -0.2) is 36.6 Å². The van der Waals surface area contributed by atoms with Crippen LogP contribution in [0.1, 0.15) is 77.0 Å². The molecule has 0 radical (unpaired) electrons. The fourth-order valence-corrected chi connectivity index (χ4v) is 5.16. The Morgan fingerprint density at radius 3 is 2.23 bits per heavy atom. The summed E-state index contributed by atoms with van der Waals surface area (Å²) < 4.78 is 0. The lowest BCUT2D eigenvalue weighted by molar-refractivity contribution is 0.0532. The van der Waals surface area contributed by atoms with E-state index in [-0.39, 0.29) is 0 Å². The van der Waals surface area contributed by atoms with Crippen LogP contribution in [0.5, 0.6) is 0 Å². The van der Waals surface area contributed by atoms with Gasteiger partial charge in [-0.15, -0.1) is 0 Å². The molecule has 3 aliphatic carbocycles. The standard InChI is InChI=1S/C20H36N2/c1-2-5-17(6-3-1)13-21-19-12-18(11-16-9-10-16)14-22(15-19)20-7-4-8-20/h16-21H,1-15H2. The molecular weight excluding hydrogens is 268 g/mol. The second kappa shape index (κ2) is 7.21. The van der Waals surface area contributed by atoms with Gasteiger partial charge in [0.2, 0.25) is 0 Å². The van der Waals surface area contributed by atoms with Crippen molar-refractivity contribution >= 4 is 0 Å². The first-order chi connectivity index (χ1) is 10.9. The Morgan fingerprint density at radius 2 is 1.55 bits per heavy atom. The third-order valence-corrected chi connectivity index (χ3v) is 6.94. The van der Waals surface area contributed by atoms with Crippen molar-refractivity contribution in [1.82, 2.24) is 10.2 Å². The van der Waals surface area contributed by atoms with Gasteiger partial charge in [0.15, 0.2) is 0 Å². The Balaban J connectivity index is 1.28. The van der Waals surface area contributed by atoms with Gasteiger partial charge in [-0.2, -0.15) is 0 Å². The van der Waals surface area contributed by atoms with Crippen LogP contribution in [0.4, 0.5) is 0 Å². The molecule has 0 bridgehead atoms. The topological polar surface area (TPSA) is 15.3 Å². The molecule has 2 nitrogen and oxygen atoms in total. The third kappa shape index (κ3) is 4.06. The van der Waals surface area contributed by atoms with Crippen LogP contribution < -0.4 is 5.32 Å². The monoisotopic (exact) mass is 304 g/mol. The first-order valence-corrected chi connectivity index (χ1v) is 10.3. The Kier molecular flexibility index (Phi) is 5.07. The number of hydrogen-bond donors (Lipinski definition) is 1. The first-order valence-electron chi connectivity index (χ1n) is 10.3. The normalized spacial score (nSPS) is 35.5. The minimum absolute atomic E-state index is 0.792. The molecule has 0 aromatic heterocycles. The van der Waals surface area contributed by atoms with Gasteiger partial charge in [-0.3, -0.25) is 4.90 Å². The van der Waals surface area contributed by atoms with Gasteiger partial charge in [-0.25, -0.2) is 0 Å². The van der Waals surface area contributed by atoms with Crippen molar-refractivity contribution < 1.29 is 0 Å². The lowest BCUT2D eigenvalue weighted by atomic mass is 9.84. The van der Waals surface area contributed by atoms with Crippen molar-refractivity contribution in [2.24, 2.45) is 17.8 Å². The smallest absolute Gasteiger partial charge is 0.0198 e. The Labute approximate surface area is 137 Å². The zero-order valence-corrected chi connectivity index (χ0v) is 14.4. The fourth-order valence-electron chi connectivity index (χ4n) is 5.16. The number of likely N-dealkylation sites (tertiary alicyclic amines) is 1. The summed E-state index contributed by atoms with van der Waals surface area (Å²) in [4.78, 5) is 2.87. The van der Waals surface area contributed by atoms with E-state index in [1.807, 2.05) is 0 Å². The molecule has 1 saturated heterocycles. The number of hydrogen-bond acceptors (Lipinski definition) is 2. The van der Waals surface area contributed by atoms with E-state index in [0.29, 0.717) is 0 Å². The highest BCUT2D eigenvalue weighted by Crippen LogP contribution is 2.39. The highest BCUT2D eigenvalue weighted by molar-refractivity contribution is 4.92. The maximum Gasteiger partial charge on any atom is 0.0198 e. The molecule has 2 unspecified atom stereocenters. The van der Waals surface area contributed by atoms with E-state index >= 15 is 0 Å². The molecule has 126 valence electrons. The van der Waals surface area contributed by atoms with E-state index in [2.05, 4.69) is 10.2 Å². The molecule has 4 fully saturated rings. The summed E-state index contributed by atoms with van der Waals surface area (Å²) in [6.45, 7) is 4.07. The molecule has 1 aliphatic heterocycles. The molecule has 22 heavy (non-hydrogen) atoms. The molecule has 2 atom stereocenters. The van der Waals surface area contributed by atoms with E-state index in [1.54, 1.807) is 0 Å². The lowest BCUT2D eigenvalue weighted by Crippen LogP contribution is -2.54. The van der Waals surface area contributed by atoms with E-state index < -0.39 is 0 Å². The summed E-state index contributed by atoms with van der Waals surface area (Å²) in [5.41, 5.74) is 0. The molecule has 1 heterocycles. The van der Waals surface area contributed by atoms with E-state index in [4.69, 9.17) is 0 Å². The Hall–Kier alpha value is -0.0800. The van der Waals surface area contributed by atoms with Crippen LogP contribution in [0.2, 0.25) is 0 Å². The van der Waals surface area contributed by atoms with Crippen molar-refractivity contribution in [2.45, 2.75) is 89.1 Å². The first kappa shape index (κ1) is 15.4. The molecule has 0 spiro atoms. The van der Waals surface area contributed by atoms with E-state index in [1.165, 1.54) is 96.7 Å². The minimum Gasteiger partial charge on any atom is -0.312 e. The predicted octanol–water partition coefficient (Wildman–Crippen LogP) is 4.20. The Morgan fingerprint density at radius 1 is 0.727 bits per heavy atom. The quantitative estimate of drug-likeness (QED) is 0.791. The molecule has 4 rings (SSSR count). The molecule has 0 aromatic rings. The summed E-state index contributed by atoms with van der Waals surface area (Å²) in [5, 5.41) is 4.01. The van der Waals surface area contributed by atoms with Crippen LogP contribution in [0.15, 0.2) is 0 Å². The second-order valence-electron chi connectivity index (χ2n) is 8.93. The van der Waals surface area contributed by atoms with Crippen LogP contribution in [0.3, 0.4) is 0 Å². The van der Waals surface area contributed by atoms with Crippen molar-refractivity contribution in [2.75, 3.05) is 19.6 Å². The maximum atomic E-state index is 4.01. The summed E-state index contributed by atoms with van der Waals surface area (Å²) in [6, 6.07) is 1.74. The average Bonchev–Trinajstić information content (AvgIpc) is 3.28. The number of nitrogens with zero attached hydrogens (tertiary/aromatic N) is 1. The van der Waals surface area contributed by atoms with Gasteiger partial charge in [-0.05, 0) is 62.8 Å². The van der Waals surface area contributed by atoms with Gasteiger partial charge in [0.25, 0.3) is 0 Å². The number of rotatable bonds is 6. The van der Waals surface area contributed by atoms with Gasteiger partial charge < -0.3 is 5.32 Å². The molecule has 4 aliphatic rings. The van der Waals surface area contributed by atoms with E-state index in [9.17, 15) is 0 Å². The van der Waals surface area contributed by atoms with Crippen LogP contribution >= 0.6 is 0 Å². The Bertz CT molecular complexity index is 342. The van der Waals surface area contributed by atoms with Gasteiger partial charge in [0, 0.05) is 25.2 Å². The molecular formula is C20H36N2. The zero-order chi connectivity index (χ0) is 14.8. The fraction of sp³-hybridized carbons (Fsp3) is 1.00. The number of nitrogens with one attached hydrogen (secondary N) is 1. The second-order valence-corrected chi connectivity index (χ2v) is 8.93. The SMILES string of the molecule is C1CCC(CNC2CC(CC3CC3)CN(C3CCC3)C2)CC1. The lowest BCUT2D eigenvalue weighted by Gasteiger charge is -2.46. The van der Waals surface area contributed by atoms with Gasteiger partial charge in [-0.1, -0.05) is 38.5 Å². The highest BCUT2D eigenvalue weighted by Gasteiger charge is 2.36. The van der Waals surface area contributed by atoms with Crippen molar-refractivity contribution in [3.8, 4) is 0 Å². The summed E-state index contributed by atoms with van der Waals surface area (Å²) in [5.74, 6) is 3.07. The van der Waals surface area contributed by atoms with Gasteiger partial charge in [0.05, 0.1) is 0 Å². The van der Waals surface area contributed by atoms with Crippen LogP contribution in [0, 0.1) is 17.8 Å². The van der Waals surface area contributed by atoms with Crippen LogP contribution in [0.25, 0.3) is 0 Å². The van der Waals surface area contributed by atoms with Crippen molar-refractivity contribution in [3.63, 3.8) is 0 Å². The predicted molar refractivity (Wildman–Crippen MR) is 93.0 cm³/mol. The average molecular weight is 305 g/mol. The molecule has 1 N–H and O–H groups in total. The van der Waals surface area contributed by atoms with Crippen molar-refractivity contribution in [1.29, 1.82) is 0 Å². The third-order valence-electron chi connectivity index (χ3n) is 6.94. The molecule has 3 saturated carbocycles. The van der Waals surface area contributed by atoms with Gasteiger partial charge in [0.1, 0.15) is 0 Å². The summed E-state index contributed by atoms with van der Waals surface area (Å²) >= 11 is 0. The molecule has 0 amide bonds. The van der Waals surface area contributed by atoms with E-state index in [0.717, 1.165) is 29.8 Å². The molecule has 0 aromatic carbocycles.